The molecule has 0 atom stereocenters. The van der Waals surface area contributed by atoms with Gasteiger partial charge in [0.2, 0.25) is 0 Å². The number of amides is 1. The second kappa shape index (κ2) is 4.23. The number of rotatable bonds is 1. The Morgan fingerprint density at radius 2 is 2.30 bits per heavy atom. The van der Waals surface area contributed by atoms with Crippen LogP contribution >= 0.6 is 0 Å². The molecule has 0 unspecified atom stereocenters. The maximum absolute atomic E-state index is 10.4. The molecule has 0 saturated heterocycles. The van der Waals surface area contributed by atoms with Crippen LogP contribution in [0.1, 0.15) is 10.4 Å². The van der Waals surface area contributed by atoms with Gasteiger partial charge in [-0.1, -0.05) is 5.56 Å². The van der Waals surface area contributed by atoms with Crippen LogP contribution in [0, 0.1) is 6.07 Å². The minimum Gasteiger partial charge on any atom is -0.376 e. The van der Waals surface area contributed by atoms with Gasteiger partial charge in [-0.25, -0.2) is 0 Å². The molecular formula is C7H6NOW-. The van der Waals surface area contributed by atoms with Crippen LogP contribution in [0.15, 0.2) is 24.3 Å². The van der Waals surface area contributed by atoms with E-state index in [0.29, 0.717) is 5.56 Å². The summed E-state index contributed by atoms with van der Waals surface area (Å²) in [7, 11) is 0. The number of hydrogen-bond acceptors (Lipinski definition) is 1. The Kier molecular flexibility index (Phi) is 3.97. The molecule has 0 aliphatic heterocycles. The first kappa shape index (κ1) is 9.38. The predicted octanol–water partition coefficient (Wildman–Crippen LogP) is 0.583. The van der Waals surface area contributed by atoms with E-state index in [4.69, 9.17) is 5.73 Å². The van der Waals surface area contributed by atoms with Crippen LogP contribution in [0.2, 0.25) is 0 Å². The average molecular weight is 304 g/mol. The van der Waals surface area contributed by atoms with E-state index in [2.05, 4.69) is 6.07 Å². The van der Waals surface area contributed by atoms with Crippen molar-refractivity contribution >= 4 is 5.91 Å². The maximum Gasteiger partial charge on any atom is 0.192 e. The molecule has 0 aliphatic rings. The molecule has 1 aromatic carbocycles. The molecule has 3 heteroatoms. The van der Waals surface area contributed by atoms with Gasteiger partial charge in [-0.3, -0.25) is 4.79 Å². The molecule has 0 bridgehead atoms. The number of primary amides is 1. The zero-order valence-electron chi connectivity index (χ0n) is 5.20. The molecule has 0 aromatic heterocycles. The third-order valence-corrected chi connectivity index (χ3v) is 0.992. The number of hydrogen-bond donors (Lipinski definition) is 1. The fourth-order valence-electron chi connectivity index (χ4n) is 0.547. The second-order valence-electron chi connectivity index (χ2n) is 1.66. The fraction of sp³-hybridized carbons (Fsp3) is 0. The molecule has 10 heavy (non-hydrogen) atoms. The van der Waals surface area contributed by atoms with Crippen molar-refractivity contribution in [2.75, 3.05) is 0 Å². The average Bonchev–Trinajstić information content (AvgIpc) is 1.90. The summed E-state index contributed by atoms with van der Waals surface area (Å²) >= 11 is 0. The molecule has 0 aliphatic carbocycles. The normalized spacial score (nSPS) is 8.00. The fourth-order valence-corrected chi connectivity index (χ4v) is 0.547. The summed E-state index contributed by atoms with van der Waals surface area (Å²) in [4.78, 5) is 10.4. The summed E-state index contributed by atoms with van der Waals surface area (Å²) in [6.07, 6.45) is 0. The summed E-state index contributed by atoms with van der Waals surface area (Å²) < 4.78 is 0. The van der Waals surface area contributed by atoms with E-state index in [9.17, 15) is 4.79 Å². The van der Waals surface area contributed by atoms with Gasteiger partial charge in [-0.15, -0.1) is 0 Å². The van der Waals surface area contributed by atoms with Gasteiger partial charge in [0.25, 0.3) is 0 Å². The van der Waals surface area contributed by atoms with Gasteiger partial charge in [0, 0.05) is 21.1 Å². The van der Waals surface area contributed by atoms with Gasteiger partial charge in [-0.2, -0.15) is 30.3 Å². The summed E-state index contributed by atoms with van der Waals surface area (Å²) in [5.41, 5.74) is 5.45. The SMILES string of the molecule is NC(=O)c1c[c-]ccc1.[W]. The summed E-state index contributed by atoms with van der Waals surface area (Å²) in [5, 5.41) is 0. The van der Waals surface area contributed by atoms with Crippen LogP contribution in [0.25, 0.3) is 0 Å². The molecule has 0 fully saturated rings. The topological polar surface area (TPSA) is 43.1 Å². The monoisotopic (exact) mass is 304 g/mol. The van der Waals surface area contributed by atoms with Crippen molar-refractivity contribution in [3.8, 4) is 0 Å². The molecule has 0 saturated carbocycles. The van der Waals surface area contributed by atoms with Gasteiger partial charge in [0.05, 0.1) is 0 Å². The van der Waals surface area contributed by atoms with Crippen LogP contribution in [0.5, 0.6) is 0 Å². The Labute approximate surface area is 73.7 Å². The quantitative estimate of drug-likeness (QED) is 0.758. The Balaban J connectivity index is 0.000000810. The minimum absolute atomic E-state index is 0. The van der Waals surface area contributed by atoms with E-state index in [1.807, 2.05) is 0 Å². The first-order valence-electron chi connectivity index (χ1n) is 2.56. The Morgan fingerprint density at radius 3 is 2.60 bits per heavy atom. The summed E-state index contributed by atoms with van der Waals surface area (Å²) in [5.74, 6) is -0.410. The molecule has 52 valence electrons. The Morgan fingerprint density at radius 1 is 1.60 bits per heavy atom. The zero-order chi connectivity index (χ0) is 6.69. The van der Waals surface area contributed by atoms with E-state index in [1.54, 1.807) is 24.3 Å². The van der Waals surface area contributed by atoms with Crippen molar-refractivity contribution in [1.82, 2.24) is 0 Å². The van der Waals surface area contributed by atoms with Crippen LogP contribution in [0.3, 0.4) is 0 Å². The molecule has 0 spiro atoms. The summed E-state index contributed by atoms with van der Waals surface area (Å²) in [6, 6.07) is 9.39. The van der Waals surface area contributed by atoms with Gasteiger partial charge < -0.3 is 5.73 Å². The Bertz CT molecular complexity index is 210. The van der Waals surface area contributed by atoms with Crippen LogP contribution in [-0.2, 0) is 21.1 Å². The van der Waals surface area contributed by atoms with Crippen LogP contribution in [-0.4, -0.2) is 5.91 Å². The third kappa shape index (κ3) is 2.32. The number of carbonyl (C=O) groups excluding carboxylic acids is 1. The molecule has 2 nitrogen and oxygen atoms in total. The predicted molar refractivity (Wildman–Crippen MR) is 33.8 cm³/mol. The van der Waals surface area contributed by atoms with Crippen LogP contribution in [0.4, 0.5) is 0 Å². The van der Waals surface area contributed by atoms with Gasteiger partial charge >= 0.3 is 0 Å². The van der Waals surface area contributed by atoms with Crippen molar-refractivity contribution < 1.29 is 25.9 Å². The zero-order valence-corrected chi connectivity index (χ0v) is 8.14. The maximum atomic E-state index is 10.4. The van der Waals surface area contributed by atoms with E-state index < -0.39 is 5.91 Å². The van der Waals surface area contributed by atoms with Gasteiger partial charge in [0.1, 0.15) is 0 Å². The van der Waals surface area contributed by atoms with Crippen molar-refractivity contribution in [3.63, 3.8) is 0 Å². The van der Waals surface area contributed by atoms with Crippen molar-refractivity contribution in [3.05, 3.63) is 35.9 Å². The van der Waals surface area contributed by atoms with Crippen LogP contribution < -0.4 is 5.73 Å². The molecule has 1 aromatic rings. The smallest absolute Gasteiger partial charge is 0.192 e. The Hall–Kier alpha value is -0.622. The number of nitrogens with two attached hydrogens (primary N) is 1. The standard InChI is InChI=1S/C7H6NO.W/c8-7(9)6-4-2-1-3-5-6;/h1-2,4-5H,(H2,8,9);/q-1;. The first-order valence-corrected chi connectivity index (χ1v) is 2.56. The van der Waals surface area contributed by atoms with Crippen molar-refractivity contribution in [2.24, 2.45) is 5.73 Å². The molecule has 0 radical (unpaired) electrons. The van der Waals surface area contributed by atoms with E-state index in [0.717, 1.165) is 0 Å². The van der Waals surface area contributed by atoms with Crippen molar-refractivity contribution in [2.45, 2.75) is 0 Å². The largest absolute Gasteiger partial charge is 0.376 e. The van der Waals surface area contributed by atoms with Crippen molar-refractivity contribution in [1.29, 1.82) is 0 Å². The number of carbonyl (C=O) groups is 1. The van der Waals surface area contributed by atoms with Gasteiger partial charge in [0.15, 0.2) is 5.91 Å². The van der Waals surface area contributed by atoms with E-state index >= 15 is 0 Å². The summed E-state index contributed by atoms with van der Waals surface area (Å²) in [6.45, 7) is 0. The first-order chi connectivity index (χ1) is 4.30. The van der Waals surface area contributed by atoms with E-state index in [-0.39, 0.29) is 21.1 Å². The molecule has 2 N–H and O–H groups in total. The molecule has 0 heterocycles. The third-order valence-electron chi connectivity index (χ3n) is 0.992. The minimum atomic E-state index is -0.410. The molecular weight excluding hydrogens is 298 g/mol. The van der Waals surface area contributed by atoms with Gasteiger partial charge in [-0.05, 0) is 0 Å². The van der Waals surface area contributed by atoms with E-state index in [1.165, 1.54) is 0 Å². The molecule has 1 amide bonds. The molecule has 1 rings (SSSR count). The second-order valence-corrected chi connectivity index (χ2v) is 1.66. The number of benzene rings is 1.